The van der Waals surface area contributed by atoms with Crippen LogP contribution in [0.4, 0.5) is 0 Å². The van der Waals surface area contributed by atoms with E-state index in [0.717, 1.165) is 19.3 Å². The van der Waals surface area contributed by atoms with E-state index in [2.05, 4.69) is 6.08 Å². The zero-order chi connectivity index (χ0) is 9.10. The second kappa shape index (κ2) is 3.92. The van der Waals surface area contributed by atoms with E-state index in [4.69, 9.17) is 9.47 Å². The highest BCUT2D eigenvalue weighted by molar-refractivity contribution is 5.74. The van der Waals surface area contributed by atoms with Crippen molar-refractivity contribution in [3.05, 3.63) is 12.2 Å². The number of rotatable bonds is 2. The second-order valence-electron chi connectivity index (χ2n) is 3.56. The molecule has 0 aromatic carbocycles. The minimum Gasteiger partial charge on any atom is -0.457 e. The summed E-state index contributed by atoms with van der Waals surface area (Å²) in [4.78, 5) is 11.5. The Morgan fingerprint density at radius 2 is 2.31 bits per heavy atom. The fourth-order valence-electron chi connectivity index (χ4n) is 1.54. The van der Waals surface area contributed by atoms with Crippen molar-refractivity contribution < 1.29 is 14.3 Å². The van der Waals surface area contributed by atoms with Gasteiger partial charge in [-0.2, -0.15) is 0 Å². The first-order chi connectivity index (χ1) is 6.36. The van der Waals surface area contributed by atoms with Gasteiger partial charge in [-0.1, -0.05) is 12.2 Å². The molecule has 0 aromatic rings. The Morgan fingerprint density at radius 3 is 2.85 bits per heavy atom. The van der Waals surface area contributed by atoms with Gasteiger partial charge in [0.2, 0.25) is 0 Å². The van der Waals surface area contributed by atoms with Crippen LogP contribution in [-0.4, -0.2) is 25.3 Å². The maximum absolute atomic E-state index is 11.5. The van der Waals surface area contributed by atoms with Crippen LogP contribution in [0.1, 0.15) is 19.3 Å². The molecule has 1 unspecified atom stereocenters. The lowest BCUT2D eigenvalue weighted by molar-refractivity contribution is -0.175. The summed E-state index contributed by atoms with van der Waals surface area (Å²) in [7, 11) is 0. The first-order valence-corrected chi connectivity index (χ1v) is 4.81. The van der Waals surface area contributed by atoms with Crippen molar-refractivity contribution in [1.29, 1.82) is 0 Å². The Kier molecular flexibility index (Phi) is 2.64. The number of hydrogen-bond donors (Lipinski definition) is 0. The standard InChI is InChI=1S/C10H14O3/c11-10(13-9-6-12-7-9)8-4-2-1-3-5-8/h2,4,8-9H,1,3,5-7H2. The molecule has 0 spiro atoms. The summed E-state index contributed by atoms with van der Waals surface area (Å²) in [5.74, 6) is -0.0846. The summed E-state index contributed by atoms with van der Waals surface area (Å²) < 4.78 is 10.1. The zero-order valence-corrected chi connectivity index (χ0v) is 7.57. The zero-order valence-electron chi connectivity index (χ0n) is 7.57. The molecule has 1 fully saturated rings. The van der Waals surface area contributed by atoms with Gasteiger partial charge in [-0.15, -0.1) is 0 Å². The van der Waals surface area contributed by atoms with E-state index in [1.807, 2.05) is 6.08 Å². The molecule has 0 radical (unpaired) electrons. The molecule has 0 amide bonds. The van der Waals surface area contributed by atoms with E-state index in [1.54, 1.807) is 0 Å². The van der Waals surface area contributed by atoms with Crippen molar-refractivity contribution >= 4 is 5.97 Å². The third-order valence-corrected chi connectivity index (χ3v) is 2.45. The van der Waals surface area contributed by atoms with Gasteiger partial charge in [-0.05, 0) is 19.3 Å². The lowest BCUT2D eigenvalue weighted by Gasteiger charge is -2.27. The summed E-state index contributed by atoms with van der Waals surface area (Å²) in [6.07, 6.45) is 7.16. The predicted octanol–water partition coefficient (Wildman–Crippen LogP) is 1.28. The SMILES string of the molecule is O=C(OC1COC1)C1C=CCCC1. The van der Waals surface area contributed by atoms with Crippen LogP contribution in [0.3, 0.4) is 0 Å². The van der Waals surface area contributed by atoms with Crippen molar-refractivity contribution in [2.45, 2.75) is 25.4 Å². The van der Waals surface area contributed by atoms with E-state index < -0.39 is 0 Å². The van der Waals surface area contributed by atoms with Crippen LogP contribution in [0.5, 0.6) is 0 Å². The van der Waals surface area contributed by atoms with Gasteiger partial charge in [0.1, 0.15) is 6.10 Å². The molecule has 0 aromatic heterocycles. The van der Waals surface area contributed by atoms with Crippen molar-refractivity contribution in [1.82, 2.24) is 0 Å². The van der Waals surface area contributed by atoms with Gasteiger partial charge in [0, 0.05) is 0 Å². The highest BCUT2D eigenvalue weighted by Crippen LogP contribution is 2.19. The largest absolute Gasteiger partial charge is 0.457 e. The van der Waals surface area contributed by atoms with E-state index in [0.29, 0.717) is 13.2 Å². The summed E-state index contributed by atoms with van der Waals surface area (Å²) in [5, 5.41) is 0. The van der Waals surface area contributed by atoms with Crippen LogP contribution in [0.2, 0.25) is 0 Å². The van der Waals surface area contributed by atoms with Crippen molar-refractivity contribution in [3.8, 4) is 0 Å². The normalized spacial score (nSPS) is 28.2. The number of esters is 1. The number of carbonyl (C=O) groups is 1. The minimum atomic E-state index is -0.0794. The molecule has 1 aliphatic heterocycles. The molecule has 1 saturated heterocycles. The summed E-state index contributed by atoms with van der Waals surface area (Å²) in [6.45, 7) is 1.14. The lowest BCUT2D eigenvalue weighted by Crippen LogP contribution is -2.39. The van der Waals surface area contributed by atoms with Gasteiger partial charge in [0.15, 0.2) is 0 Å². The maximum atomic E-state index is 11.5. The summed E-state index contributed by atoms with van der Waals surface area (Å²) >= 11 is 0. The first kappa shape index (κ1) is 8.75. The molecule has 2 rings (SSSR count). The van der Waals surface area contributed by atoms with Crippen molar-refractivity contribution in [3.63, 3.8) is 0 Å². The van der Waals surface area contributed by atoms with Crippen molar-refractivity contribution in [2.75, 3.05) is 13.2 Å². The van der Waals surface area contributed by atoms with Crippen LogP contribution in [0, 0.1) is 5.92 Å². The fraction of sp³-hybridized carbons (Fsp3) is 0.700. The van der Waals surface area contributed by atoms with Gasteiger partial charge in [-0.3, -0.25) is 4.79 Å². The number of hydrogen-bond acceptors (Lipinski definition) is 3. The maximum Gasteiger partial charge on any atom is 0.313 e. The van der Waals surface area contributed by atoms with Crippen LogP contribution in [0.25, 0.3) is 0 Å². The molecule has 0 N–H and O–H groups in total. The molecule has 1 heterocycles. The van der Waals surface area contributed by atoms with Gasteiger partial charge in [-0.25, -0.2) is 0 Å². The molecular formula is C10H14O3. The predicted molar refractivity (Wildman–Crippen MR) is 47.2 cm³/mol. The van der Waals surface area contributed by atoms with Crippen molar-refractivity contribution in [2.24, 2.45) is 5.92 Å². The number of carbonyl (C=O) groups excluding carboxylic acids is 1. The van der Waals surface area contributed by atoms with Gasteiger partial charge >= 0.3 is 5.97 Å². The molecule has 1 atom stereocenters. The average molecular weight is 182 g/mol. The average Bonchev–Trinajstić information content (AvgIpc) is 2.12. The first-order valence-electron chi connectivity index (χ1n) is 4.81. The van der Waals surface area contributed by atoms with Crippen LogP contribution in [0.15, 0.2) is 12.2 Å². The Balaban J connectivity index is 1.81. The number of allylic oxidation sites excluding steroid dienone is 1. The van der Waals surface area contributed by atoms with Crippen LogP contribution < -0.4 is 0 Å². The van der Waals surface area contributed by atoms with Gasteiger partial charge in [0.25, 0.3) is 0 Å². The Hall–Kier alpha value is -0.830. The quantitative estimate of drug-likeness (QED) is 0.476. The smallest absolute Gasteiger partial charge is 0.313 e. The van der Waals surface area contributed by atoms with E-state index in [-0.39, 0.29) is 18.0 Å². The third-order valence-electron chi connectivity index (χ3n) is 2.45. The minimum absolute atomic E-state index is 0.00523. The van der Waals surface area contributed by atoms with E-state index in [9.17, 15) is 4.79 Å². The van der Waals surface area contributed by atoms with Gasteiger partial charge in [0.05, 0.1) is 19.1 Å². The molecule has 2 aliphatic rings. The molecule has 3 heteroatoms. The Labute approximate surface area is 77.7 Å². The highest BCUT2D eigenvalue weighted by Gasteiger charge is 2.26. The summed E-state index contributed by atoms with van der Waals surface area (Å²) in [6, 6.07) is 0. The molecule has 0 saturated carbocycles. The van der Waals surface area contributed by atoms with Crippen LogP contribution >= 0.6 is 0 Å². The topological polar surface area (TPSA) is 35.5 Å². The Morgan fingerprint density at radius 1 is 1.46 bits per heavy atom. The Bertz CT molecular complexity index is 218. The second-order valence-corrected chi connectivity index (χ2v) is 3.56. The highest BCUT2D eigenvalue weighted by atomic mass is 16.6. The third kappa shape index (κ3) is 2.10. The van der Waals surface area contributed by atoms with E-state index >= 15 is 0 Å². The number of ether oxygens (including phenoxy) is 2. The molecule has 3 nitrogen and oxygen atoms in total. The molecular weight excluding hydrogens is 168 g/mol. The fourth-order valence-corrected chi connectivity index (χ4v) is 1.54. The molecule has 13 heavy (non-hydrogen) atoms. The van der Waals surface area contributed by atoms with E-state index in [1.165, 1.54) is 0 Å². The lowest BCUT2D eigenvalue weighted by atomic mass is 9.96. The van der Waals surface area contributed by atoms with Gasteiger partial charge < -0.3 is 9.47 Å². The molecule has 1 aliphatic carbocycles. The monoisotopic (exact) mass is 182 g/mol. The van der Waals surface area contributed by atoms with Crippen LogP contribution in [-0.2, 0) is 14.3 Å². The summed E-state index contributed by atoms with van der Waals surface area (Å²) in [5.41, 5.74) is 0. The molecule has 0 bridgehead atoms. The molecule has 72 valence electrons.